The van der Waals surface area contributed by atoms with Crippen LogP contribution in [0.5, 0.6) is 5.75 Å². The van der Waals surface area contributed by atoms with Crippen LogP contribution in [0.2, 0.25) is 5.02 Å². The summed E-state index contributed by atoms with van der Waals surface area (Å²) in [5.41, 5.74) is 1.64. The highest BCUT2D eigenvalue weighted by atomic mass is 35.5. The molecule has 0 aliphatic carbocycles. The summed E-state index contributed by atoms with van der Waals surface area (Å²) < 4.78 is 5.53. The Labute approximate surface area is 161 Å². The molecule has 1 amide bonds. The zero-order chi connectivity index (χ0) is 18.5. The quantitative estimate of drug-likeness (QED) is 0.529. The lowest BCUT2D eigenvalue weighted by Gasteiger charge is -2.07. The topological polar surface area (TPSA) is 41.9 Å². The number of ether oxygens (including phenoxy) is 1. The number of amidine groups is 1. The fourth-order valence-corrected chi connectivity index (χ4v) is 3.39. The van der Waals surface area contributed by atoms with Crippen LogP contribution in [0.1, 0.15) is 5.56 Å². The lowest BCUT2D eigenvalue weighted by atomic mass is 10.2. The van der Waals surface area contributed by atoms with Crippen LogP contribution < -0.4 is 4.74 Å². The van der Waals surface area contributed by atoms with E-state index in [1.165, 1.54) is 11.8 Å². The Morgan fingerprint density at radius 2 is 2.04 bits per heavy atom. The van der Waals surface area contributed by atoms with Crippen molar-refractivity contribution in [3.63, 3.8) is 0 Å². The Hall–Kier alpha value is -2.50. The van der Waals surface area contributed by atoms with Crippen LogP contribution in [0.3, 0.4) is 0 Å². The molecule has 0 radical (unpaired) electrons. The SMILES string of the molecule is C=CCOc1cccc(/C=C2\SC(=Nc3ccc(Cl)cc3)N(C)C2=O)c1. The van der Waals surface area contributed by atoms with Gasteiger partial charge in [-0.15, -0.1) is 0 Å². The van der Waals surface area contributed by atoms with Crippen LogP contribution >= 0.6 is 23.4 Å². The fraction of sp³-hybridized carbons (Fsp3) is 0.100. The van der Waals surface area contributed by atoms with Gasteiger partial charge in [-0.05, 0) is 59.8 Å². The van der Waals surface area contributed by atoms with E-state index >= 15 is 0 Å². The van der Waals surface area contributed by atoms with Gasteiger partial charge in [-0.3, -0.25) is 9.69 Å². The van der Waals surface area contributed by atoms with Crippen molar-refractivity contribution >= 4 is 46.2 Å². The Bertz CT molecular complexity index is 891. The van der Waals surface area contributed by atoms with Gasteiger partial charge in [0.2, 0.25) is 0 Å². The number of halogens is 1. The molecule has 1 fully saturated rings. The van der Waals surface area contributed by atoms with E-state index in [0.717, 1.165) is 17.0 Å². The summed E-state index contributed by atoms with van der Waals surface area (Å²) in [5.74, 6) is 0.651. The van der Waals surface area contributed by atoms with Gasteiger partial charge in [0, 0.05) is 12.1 Å². The minimum atomic E-state index is -0.0832. The van der Waals surface area contributed by atoms with Crippen LogP contribution in [-0.4, -0.2) is 29.6 Å². The Balaban J connectivity index is 1.83. The molecule has 0 unspecified atom stereocenters. The van der Waals surface area contributed by atoms with Gasteiger partial charge in [0.15, 0.2) is 5.17 Å². The molecule has 0 N–H and O–H groups in total. The van der Waals surface area contributed by atoms with Crippen LogP contribution in [0.15, 0.2) is 71.1 Å². The first-order valence-corrected chi connectivity index (χ1v) is 9.12. The highest BCUT2D eigenvalue weighted by Gasteiger charge is 2.30. The molecule has 0 bridgehead atoms. The normalized spacial score (nSPS) is 17.2. The Morgan fingerprint density at radius 1 is 1.27 bits per heavy atom. The molecule has 132 valence electrons. The van der Waals surface area contributed by atoms with Crippen molar-refractivity contribution in [3.8, 4) is 5.75 Å². The fourth-order valence-electron chi connectivity index (χ4n) is 2.28. The summed E-state index contributed by atoms with van der Waals surface area (Å²) in [4.78, 5) is 19.2. The van der Waals surface area contributed by atoms with Crippen molar-refractivity contribution in [1.29, 1.82) is 0 Å². The molecule has 26 heavy (non-hydrogen) atoms. The molecular weight excluding hydrogens is 368 g/mol. The van der Waals surface area contributed by atoms with Gasteiger partial charge < -0.3 is 4.74 Å². The smallest absolute Gasteiger partial charge is 0.266 e. The van der Waals surface area contributed by atoms with Gasteiger partial charge in [0.05, 0.1) is 10.6 Å². The first-order chi connectivity index (χ1) is 12.6. The summed E-state index contributed by atoms with van der Waals surface area (Å²) in [6.07, 6.45) is 3.53. The van der Waals surface area contributed by atoms with E-state index in [4.69, 9.17) is 16.3 Å². The van der Waals surface area contributed by atoms with Gasteiger partial charge >= 0.3 is 0 Å². The van der Waals surface area contributed by atoms with Crippen molar-refractivity contribution in [3.05, 3.63) is 76.7 Å². The highest BCUT2D eigenvalue weighted by Crippen LogP contribution is 2.33. The summed E-state index contributed by atoms with van der Waals surface area (Å²) in [6, 6.07) is 14.7. The van der Waals surface area contributed by atoms with Gasteiger partial charge in [-0.2, -0.15) is 0 Å². The maximum absolute atomic E-state index is 12.5. The minimum Gasteiger partial charge on any atom is -0.490 e. The average molecular weight is 385 g/mol. The van der Waals surface area contributed by atoms with E-state index in [0.29, 0.717) is 21.7 Å². The van der Waals surface area contributed by atoms with E-state index in [-0.39, 0.29) is 5.91 Å². The van der Waals surface area contributed by atoms with Gasteiger partial charge in [0.1, 0.15) is 12.4 Å². The Kier molecular flexibility index (Phi) is 5.81. The number of aliphatic imine (C=N–C) groups is 1. The molecule has 2 aromatic carbocycles. The monoisotopic (exact) mass is 384 g/mol. The van der Waals surface area contributed by atoms with Crippen molar-refractivity contribution in [2.75, 3.05) is 13.7 Å². The number of rotatable bonds is 5. The molecule has 1 heterocycles. The molecule has 1 saturated heterocycles. The summed E-state index contributed by atoms with van der Waals surface area (Å²) >= 11 is 7.24. The predicted molar refractivity (Wildman–Crippen MR) is 109 cm³/mol. The van der Waals surface area contributed by atoms with E-state index in [1.54, 1.807) is 30.2 Å². The molecular formula is C20H17ClN2O2S. The largest absolute Gasteiger partial charge is 0.490 e. The summed E-state index contributed by atoms with van der Waals surface area (Å²) in [5, 5.41) is 1.28. The lowest BCUT2D eigenvalue weighted by molar-refractivity contribution is -0.121. The van der Waals surface area contributed by atoms with Crippen molar-refractivity contribution in [2.45, 2.75) is 0 Å². The number of amides is 1. The number of thioether (sulfide) groups is 1. The number of nitrogens with zero attached hydrogens (tertiary/aromatic N) is 2. The zero-order valence-electron chi connectivity index (χ0n) is 14.2. The second-order valence-corrected chi connectivity index (χ2v) is 6.96. The summed E-state index contributed by atoms with van der Waals surface area (Å²) in [6.45, 7) is 4.07. The molecule has 2 aromatic rings. The van der Waals surface area contributed by atoms with Crippen LogP contribution in [0.4, 0.5) is 5.69 Å². The highest BCUT2D eigenvalue weighted by molar-refractivity contribution is 8.18. The number of hydrogen-bond acceptors (Lipinski definition) is 4. The van der Waals surface area contributed by atoms with Gasteiger partial charge in [0.25, 0.3) is 5.91 Å². The number of likely N-dealkylation sites (N-methyl/N-ethyl adjacent to an activating group) is 1. The minimum absolute atomic E-state index is 0.0832. The van der Waals surface area contributed by atoms with E-state index in [1.807, 2.05) is 42.5 Å². The first-order valence-electron chi connectivity index (χ1n) is 7.92. The molecule has 0 atom stereocenters. The second kappa shape index (κ2) is 8.25. The summed E-state index contributed by atoms with van der Waals surface area (Å²) in [7, 11) is 1.72. The van der Waals surface area contributed by atoms with Gasteiger partial charge in [-0.1, -0.05) is 36.4 Å². The molecule has 1 aliphatic heterocycles. The molecule has 4 nitrogen and oxygen atoms in total. The Morgan fingerprint density at radius 3 is 2.77 bits per heavy atom. The van der Waals surface area contributed by atoms with Crippen molar-refractivity contribution < 1.29 is 9.53 Å². The molecule has 1 aliphatic rings. The van der Waals surface area contributed by atoms with E-state index < -0.39 is 0 Å². The number of benzene rings is 2. The first kappa shape index (κ1) is 18.3. The maximum Gasteiger partial charge on any atom is 0.266 e. The number of carbonyl (C=O) groups excluding carboxylic acids is 1. The number of carbonyl (C=O) groups is 1. The zero-order valence-corrected chi connectivity index (χ0v) is 15.8. The maximum atomic E-state index is 12.5. The van der Waals surface area contributed by atoms with E-state index in [9.17, 15) is 4.79 Å². The van der Waals surface area contributed by atoms with Crippen LogP contribution in [0.25, 0.3) is 6.08 Å². The third kappa shape index (κ3) is 4.36. The van der Waals surface area contributed by atoms with Crippen molar-refractivity contribution in [2.24, 2.45) is 4.99 Å². The third-order valence-electron chi connectivity index (χ3n) is 3.58. The number of hydrogen-bond donors (Lipinski definition) is 0. The predicted octanol–water partition coefficient (Wildman–Crippen LogP) is 5.14. The van der Waals surface area contributed by atoms with Crippen molar-refractivity contribution in [1.82, 2.24) is 4.90 Å². The molecule has 6 heteroatoms. The molecule has 0 aromatic heterocycles. The lowest BCUT2D eigenvalue weighted by Crippen LogP contribution is -2.23. The van der Waals surface area contributed by atoms with E-state index in [2.05, 4.69) is 11.6 Å². The average Bonchev–Trinajstić information content (AvgIpc) is 2.90. The molecule has 3 rings (SSSR count). The molecule has 0 saturated carbocycles. The standard InChI is InChI=1S/C20H17ClN2O2S/c1-3-11-25-17-6-4-5-14(12-17)13-18-19(24)23(2)20(26-18)22-16-9-7-15(21)8-10-16/h3-10,12-13H,1,11H2,2H3/b18-13-,22-20?. The van der Waals surface area contributed by atoms with Gasteiger partial charge in [-0.25, -0.2) is 4.99 Å². The third-order valence-corrected chi connectivity index (χ3v) is 4.89. The van der Waals surface area contributed by atoms with Crippen LogP contribution in [-0.2, 0) is 4.79 Å². The van der Waals surface area contributed by atoms with Crippen LogP contribution in [0, 0.1) is 0 Å². The second-order valence-electron chi connectivity index (χ2n) is 5.52. The molecule has 0 spiro atoms.